The fourth-order valence-electron chi connectivity index (χ4n) is 2.22. The van der Waals surface area contributed by atoms with Gasteiger partial charge in [0.15, 0.2) is 6.29 Å². The van der Waals surface area contributed by atoms with Crippen LogP contribution in [0.3, 0.4) is 0 Å². The summed E-state index contributed by atoms with van der Waals surface area (Å²) >= 11 is 0. The molecule has 7 N–H and O–H groups in total. The van der Waals surface area contributed by atoms with E-state index in [4.69, 9.17) is 15.6 Å². The standard InChI is InChI=1S/C12H24N2O6/c1-5(3-6(2)13)11(18)14-8-10(17)9(16)7(4-15)20-12(8)19/h5-10,12,15-17,19H,3-4,13H2,1-2H3,(H,14,18). The average Bonchev–Trinajstić information content (AvgIpc) is 2.37. The Balaban J connectivity index is 2.64. The lowest BCUT2D eigenvalue weighted by Crippen LogP contribution is -2.64. The van der Waals surface area contributed by atoms with Gasteiger partial charge in [0.05, 0.1) is 6.61 Å². The number of aliphatic hydroxyl groups excluding tert-OH is 4. The summed E-state index contributed by atoms with van der Waals surface area (Å²) in [5.41, 5.74) is 5.61. The van der Waals surface area contributed by atoms with Crippen LogP contribution in [0.2, 0.25) is 0 Å². The number of carbonyl (C=O) groups is 1. The van der Waals surface area contributed by atoms with Crippen LogP contribution in [-0.4, -0.2) is 69.6 Å². The summed E-state index contributed by atoms with van der Waals surface area (Å²) in [5.74, 6) is -0.800. The van der Waals surface area contributed by atoms with Gasteiger partial charge < -0.3 is 36.2 Å². The molecule has 1 amide bonds. The Bertz CT molecular complexity index is 327. The van der Waals surface area contributed by atoms with Gasteiger partial charge in [0.25, 0.3) is 0 Å². The summed E-state index contributed by atoms with van der Waals surface area (Å²) in [7, 11) is 0. The number of hydrogen-bond acceptors (Lipinski definition) is 7. The van der Waals surface area contributed by atoms with E-state index < -0.39 is 49.1 Å². The Labute approximate surface area is 117 Å². The molecule has 7 atom stereocenters. The van der Waals surface area contributed by atoms with Crippen molar-refractivity contribution < 1.29 is 30.0 Å². The Hall–Kier alpha value is -0.770. The normalized spacial score (nSPS) is 37.2. The van der Waals surface area contributed by atoms with Crippen molar-refractivity contribution in [1.82, 2.24) is 5.32 Å². The van der Waals surface area contributed by atoms with E-state index in [1.54, 1.807) is 13.8 Å². The highest BCUT2D eigenvalue weighted by Crippen LogP contribution is 2.20. The SMILES string of the molecule is CC(N)CC(C)C(=O)NC1C(O)OC(CO)C(O)C1O. The molecular weight excluding hydrogens is 268 g/mol. The maximum atomic E-state index is 11.9. The highest BCUT2D eigenvalue weighted by molar-refractivity contribution is 5.78. The largest absolute Gasteiger partial charge is 0.394 e. The van der Waals surface area contributed by atoms with Gasteiger partial charge in [-0.2, -0.15) is 0 Å². The minimum Gasteiger partial charge on any atom is -0.394 e. The number of carbonyl (C=O) groups excluding carboxylic acids is 1. The minimum absolute atomic E-state index is 0.155. The molecule has 1 fully saturated rings. The fourth-order valence-corrected chi connectivity index (χ4v) is 2.22. The van der Waals surface area contributed by atoms with Gasteiger partial charge in [0.1, 0.15) is 24.4 Å². The lowest BCUT2D eigenvalue weighted by atomic mass is 9.95. The first-order valence-corrected chi connectivity index (χ1v) is 6.64. The van der Waals surface area contributed by atoms with E-state index in [2.05, 4.69) is 5.32 Å². The molecule has 8 nitrogen and oxygen atoms in total. The van der Waals surface area contributed by atoms with Gasteiger partial charge in [0, 0.05) is 12.0 Å². The summed E-state index contributed by atoms with van der Waals surface area (Å²) in [6, 6.07) is -1.31. The number of amides is 1. The molecule has 20 heavy (non-hydrogen) atoms. The Morgan fingerprint density at radius 3 is 2.40 bits per heavy atom. The molecule has 1 aliphatic rings. The first kappa shape index (κ1) is 17.3. The third kappa shape index (κ3) is 4.11. The molecule has 0 spiro atoms. The van der Waals surface area contributed by atoms with Gasteiger partial charge >= 0.3 is 0 Å². The second kappa shape index (κ2) is 7.30. The second-order valence-electron chi connectivity index (χ2n) is 5.38. The van der Waals surface area contributed by atoms with Gasteiger partial charge in [-0.1, -0.05) is 6.92 Å². The van der Waals surface area contributed by atoms with Crippen molar-refractivity contribution in [2.45, 2.75) is 57.0 Å². The molecule has 0 aromatic heterocycles. The van der Waals surface area contributed by atoms with E-state index >= 15 is 0 Å². The van der Waals surface area contributed by atoms with Crippen molar-refractivity contribution in [1.29, 1.82) is 0 Å². The molecule has 0 aromatic carbocycles. The van der Waals surface area contributed by atoms with Gasteiger partial charge in [-0.3, -0.25) is 4.79 Å². The summed E-state index contributed by atoms with van der Waals surface area (Å²) in [5, 5.41) is 40.7. The molecule has 118 valence electrons. The van der Waals surface area contributed by atoms with E-state index in [-0.39, 0.29) is 6.04 Å². The molecular formula is C12H24N2O6. The smallest absolute Gasteiger partial charge is 0.223 e. The van der Waals surface area contributed by atoms with Crippen LogP contribution in [0.5, 0.6) is 0 Å². The van der Waals surface area contributed by atoms with Crippen LogP contribution in [0, 0.1) is 5.92 Å². The summed E-state index contributed by atoms with van der Waals surface area (Å²) in [6.07, 6.45) is -4.96. The third-order valence-electron chi connectivity index (χ3n) is 3.38. The predicted molar refractivity (Wildman–Crippen MR) is 69.3 cm³/mol. The van der Waals surface area contributed by atoms with Crippen molar-refractivity contribution in [2.75, 3.05) is 6.61 Å². The lowest BCUT2D eigenvalue weighted by Gasteiger charge is -2.40. The summed E-state index contributed by atoms with van der Waals surface area (Å²) in [4.78, 5) is 11.9. The minimum atomic E-state index is -1.50. The molecule has 8 heteroatoms. The van der Waals surface area contributed by atoms with Gasteiger partial charge in [-0.15, -0.1) is 0 Å². The molecule has 7 unspecified atom stereocenters. The molecule has 0 saturated carbocycles. The lowest BCUT2D eigenvalue weighted by molar-refractivity contribution is -0.254. The molecule has 0 aromatic rings. The van der Waals surface area contributed by atoms with Crippen LogP contribution in [0.4, 0.5) is 0 Å². The van der Waals surface area contributed by atoms with Crippen LogP contribution in [-0.2, 0) is 9.53 Å². The van der Waals surface area contributed by atoms with Crippen molar-refractivity contribution in [3.63, 3.8) is 0 Å². The van der Waals surface area contributed by atoms with E-state index in [0.29, 0.717) is 6.42 Å². The zero-order valence-electron chi connectivity index (χ0n) is 11.6. The van der Waals surface area contributed by atoms with Gasteiger partial charge in [-0.25, -0.2) is 0 Å². The highest BCUT2D eigenvalue weighted by Gasteiger charge is 2.44. The number of nitrogens with two attached hydrogens (primary N) is 1. The highest BCUT2D eigenvalue weighted by atomic mass is 16.6. The molecule has 1 saturated heterocycles. The first-order valence-electron chi connectivity index (χ1n) is 6.64. The number of nitrogens with one attached hydrogen (secondary N) is 1. The monoisotopic (exact) mass is 292 g/mol. The van der Waals surface area contributed by atoms with Crippen molar-refractivity contribution in [3.05, 3.63) is 0 Å². The maximum absolute atomic E-state index is 11.9. The zero-order chi connectivity index (χ0) is 15.4. The Morgan fingerprint density at radius 2 is 1.90 bits per heavy atom. The van der Waals surface area contributed by atoms with E-state index in [1.165, 1.54) is 0 Å². The summed E-state index contributed by atoms with van der Waals surface area (Å²) in [6.45, 7) is 2.90. The molecule has 0 bridgehead atoms. The number of hydrogen-bond donors (Lipinski definition) is 6. The topological polar surface area (TPSA) is 145 Å². The number of rotatable bonds is 5. The number of ether oxygens (including phenoxy) is 1. The van der Waals surface area contributed by atoms with Crippen LogP contribution in [0.1, 0.15) is 20.3 Å². The van der Waals surface area contributed by atoms with E-state index in [0.717, 1.165) is 0 Å². The van der Waals surface area contributed by atoms with Crippen LogP contribution >= 0.6 is 0 Å². The third-order valence-corrected chi connectivity index (χ3v) is 3.38. The van der Waals surface area contributed by atoms with Crippen molar-refractivity contribution in [2.24, 2.45) is 11.7 Å². The van der Waals surface area contributed by atoms with Crippen molar-refractivity contribution >= 4 is 5.91 Å². The van der Waals surface area contributed by atoms with Gasteiger partial charge in [0.2, 0.25) is 5.91 Å². The number of aliphatic hydroxyl groups is 4. The Kier molecular flexibility index (Phi) is 6.31. The zero-order valence-corrected chi connectivity index (χ0v) is 11.6. The van der Waals surface area contributed by atoms with E-state index in [1.807, 2.05) is 0 Å². The predicted octanol–water partition coefficient (Wildman–Crippen LogP) is -2.72. The molecule has 1 rings (SSSR count). The second-order valence-corrected chi connectivity index (χ2v) is 5.38. The molecule has 0 radical (unpaired) electrons. The molecule has 1 aliphatic heterocycles. The van der Waals surface area contributed by atoms with Crippen molar-refractivity contribution in [3.8, 4) is 0 Å². The van der Waals surface area contributed by atoms with Gasteiger partial charge in [-0.05, 0) is 13.3 Å². The molecule has 1 heterocycles. The van der Waals surface area contributed by atoms with E-state index in [9.17, 15) is 20.1 Å². The van der Waals surface area contributed by atoms with Crippen LogP contribution < -0.4 is 11.1 Å². The Morgan fingerprint density at radius 1 is 1.30 bits per heavy atom. The average molecular weight is 292 g/mol. The first-order chi connectivity index (χ1) is 9.27. The van der Waals surface area contributed by atoms with Crippen LogP contribution in [0.15, 0.2) is 0 Å². The molecule has 0 aliphatic carbocycles. The van der Waals surface area contributed by atoms with Crippen LogP contribution in [0.25, 0.3) is 0 Å². The quantitative estimate of drug-likeness (QED) is 0.323. The maximum Gasteiger partial charge on any atom is 0.223 e. The summed E-state index contributed by atoms with van der Waals surface area (Å²) < 4.78 is 4.95. The fraction of sp³-hybridized carbons (Fsp3) is 0.917.